The average molecular weight is 203 g/mol. The molecule has 0 bridgehead atoms. The third kappa shape index (κ3) is 2.23. The van der Waals surface area contributed by atoms with Crippen molar-refractivity contribution in [3.05, 3.63) is 36.0 Å². The lowest BCUT2D eigenvalue weighted by Crippen LogP contribution is -1.89. The Morgan fingerprint density at radius 2 is 1.73 bits per heavy atom. The molecule has 2 rings (SSSR count). The van der Waals surface area contributed by atoms with E-state index < -0.39 is 0 Å². The van der Waals surface area contributed by atoms with Crippen LogP contribution in [0.4, 0.5) is 0 Å². The van der Waals surface area contributed by atoms with Crippen molar-refractivity contribution in [3.63, 3.8) is 0 Å². The summed E-state index contributed by atoms with van der Waals surface area (Å²) in [6, 6.07) is 8.62. The van der Waals surface area contributed by atoms with Crippen molar-refractivity contribution < 1.29 is 0 Å². The normalized spacial score (nSPS) is 9.87. The Morgan fingerprint density at radius 3 is 2.33 bits per heavy atom. The van der Waals surface area contributed by atoms with E-state index in [0.29, 0.717) is 0 Å². The van der Waals surface area contributed by atoms with Crippen molar-refractivity contribution in [2.45, 2.75) is 40.7 Å². The molecule has 0 saturated carbocycles. The van der Waals surface area contributed by atoms with Crippen LogP contribution in [0.25, 0.3) is 10.9 Å². The third-order valence-corrected chi connectivity index (χ3v) is 2.59. The number of hydrogen-bond donors (Lipinski definition) is 0. The van der Waals surface area contributed by atoms with E-state index in [2.05, 4.69) is 48.9 Å². The summed E-state index contributed by atoms with van der Waals surface area (Å²) in [6.45, 7) is 9.45. The number of nitrogens with zero attached hydrogens (tertiary/aromatic N) is 1. The monoisotopic (exact) mass is 203 g/mol. The van der Waals surface area contributed by atoms with E-state index in [1.54, 1.807) is 0 Å². The highest BCUT2D eigenvalue weighted by Crippen LogP contribution is 2.21. The van der Waals surface area contributed by atoms with Crippen LogP contribution >= 0.6 is 0 Å². The first-order valence-corrected chi connectivity index (χ1v) is 5.93. The number of rotatable bonds is 2. The standard InChI is InChI=1S/C12H15N.C2H6/c1-3-10-9-13(4-2)12-8-6-5-7-11(10)12;1-2/h5-9H,3-4H2,1-2H3;1-2H3. The maximum Gasteiger partial charge on any atom is 0.0483 e. The quantitative estimate of drug-likeness (QED) is 0.687. The number of hydrogen-bond acceptors (Lipinski definition) is 0. The predicted molar refractivity (Wildman–Crippen MR) is 68.3 cm³/mol. The lowest BCUT2D eigenvalue weighted by Gasteiger charge is -1.98. The summed E-state index contributed by atoms with van der Waals surface area (Å²) in [4.78, 5) is 0. The van der Waals surface area contributed by atoms with Crippen LogP contribution in [-0.2, 0) is 13.0 Å². The summed E-state index contributed by atoms with van der Waals surface area (Å²) in [5.74, 6) is 0. The minimum Gasteiger partial charge on any atom is -0.347 e. The predicted octanol–water partition coefficient (Wildman–Crippen LogP) is 4.25. The van der Waals surface area contributed by atoms with E-state index >= 15 is 0 Å². The Balaban J connectivity index is 0.000000531. The minimum atomic E-state index is 1.06. The number of fused-ring (bicyclic) bond motifs is 1. The van der Waals surface area contributed by atoms with Gasteiger partial charge in [-0.25, -0.2) is 0 Å². The molecule has 0 amide bonds. The molecular formula is C14H21N. The zero-order chi connectivity index (χ0) is 11.3. The first-order chi connectivity index (χ1) is 7.36. The lowest BCUT2D eigenvalue weighted by atomic mass is 10.1. The van der Waals surface area contributed by atoms with Gasteiger partial charge in [-0.2, -0.15) is 0 Å². The molecule has 1 heteroatoms. The molecule has 0 fully saturated rings. The Kier molecular flexibility index (Phi) is 4.41. The van der Waals surface area contributed by atoms with Crippen LogP contribution < -0.4 is 0 Å². The van der Waals surface area contributed by atoms with Gasteiger partial charge < -0.3 is 4.57 Å². The van der Waals surface area contributed by atoms with Crippen LogP contribution in [0.15, 0.2) is 30.5 Å². The van der Waals surface area contributed by atoms with Gasteiger partial charge in [-0.15, -0.1) is 0 Å². The van der Waals surface area contributed by atoms with Crippen molar-refractivity contribution in [3.8, 4) is 0 Å². The summed E-state index contributed by atoms with van der Waals surface area (Å²) >= 11 is 0. The zero-order valence-corrected chi connectivity index (χ0v) is 10.2. The fraction of sp³-hybridized carbons (Fsp3) is 0.429. The molecule has 2 aromatic rings. The van der Waals surface area contributed by atoms with Crippen LogP contribution in [-0.4, -0.2) is 4.57 Å². The Hall–Kier alpha value is -1.24. The molecule has 0 aliphatic carbocycles. The van der Waals surface area contributed by atoms with Crippen LogP contribution in [0.3, 0.4) is 0 Å². The van der Waals surface area contributed by atoms with Gasteiger partial charge >= 0.3 is 0 Å². The second-order valence-electron chi connectivity index (χ2n) is 3.31. The highest BCUT2D eigenvalue weighted by Gasteiger charge is 2.03. The molecule has 0 N–H and O–H groups in total. The first kappa shape index (κ1) is 11.8. The van der Waals surface area contributed by atoms with Crippen LogP contribution in [0, 0.1) is 0 Å². The number of aromatic nitrogens is 1. The zero-order valence-electron chi connectivity index (χ0n) is 10.2. The molecule has 0 saturated heterocycles. The summed E-state index contributed by atoms with van der Waals surface area (Å²) < 4.78 is 2.31. The Labute approximate surface area is 92.7 Å². The lowest BCUT2D eigenvalue weighted by molar-refractivity contribution is 0.793. The molecule has 0 atom stereocenters. The van der Waals surface area contributed by atoms with E-state index in [-0.39, 0.29) is 0 Å². The SMILES string of the molecule is CC.CCc1cn(CC)c2ccccc12. The van der Waals surface area contributed by atoms with E-state index in [4.69, 9.17) is 0 Å². The second-order valence-corrected chi connectivity index (χ2v) is 3.31. The number of benzene rings is 1. The van der Waals surface area contributed by atoms with Crippen LogP contribution in [0.2, 0.25) is 0 Å². The van der Waals surface area contributed by atoms with Gasteiger partial charge in [0.05, 0.1) is 0 Å². The van der Waals surface area contributed by atoms with Crippen molar-refractivity contribution >= 4 is 10.9 Å². The van der Waals surface area contributed by atoms with E-state index in [1.807, 2.05) is 13.8 Å². The van der Waals surface area contributed by atoms with Gasteiger partial charge in [-0.3, -0.25) is 0 Å². The highest BCUT2D eigenvalue weighted by molar-refractivity contribution is 5.83. The Bertz CT molecular complexity index is 374. The molecule has 0 unspecified atom stereocenters. The van der Waals surface area contributed by atoms with Crippen LogP contribution in [0.1, 0.15) is 33.3 Å². The fourth-order valence-corrected chi connectivity index (χ4v) is 1.87. The topological polar surface area (TPSA) is 4.93 Å². The molecule has 1 aromatic carbocycles. The van der Waals surface area contributed by atoms with Gasteiger partial charge in [0.15, 0.2) is 0 Å². The molecule has 0 aliphatic rings. The molecule has 1 nitrogen and oxygen atoms in total. The summed E-state index contributed by atoms with van der Waals surface area (Å²) in [7, 11) is 0. The Morgan fingerprint density at radius 1 is 1.07 bits per heavy atom. The third-order valence-electron chi connectivity index (χ3n) is 2.59. The highest BCUT2D eigenvalue weighted by atomic mass is 14.9. The summed E-state index contributed by atoms with van der Waals surface area (Å²) in [6.07, 6.45) is 3.39. The smallest absolute Gasteiger partial charge is 0.0483 e. The number of aryl methyl sites for hydroxylation is 2. The van der Waals surface area contributed by atoms with Crippen molar-refractivity contribution in [2.24, 2.45) is 0 Å². The van der Waals surface area contributed by atoms with Crippen LogP contribution in [0.5, 0.6) is 0 Å². The van der Waals surface area contributed by atoms with Gasteiger partial charge in [0, 0.05) is 23.6 Å². The molecule has 1 aromatic heterocycles. The molecule has 82 valence electrons. The van der Waals surface area contributed by atoms with Gasteiger partial charge in [0.1, 0.15) is 0 Å². The van der Waals surface area contributed by atoms with Crippen molar-refractivity contribution in [2.75, 3.05) is 0 Å². The van der Waals surface area contributed by atoms with Gasteiger partial charge in [0.2, 0.25) is 0 Å². The summed E-state index contributed by atoms with van der Waals surface area (Å²) in [5.41, 5.74) is 2.82. The number of para-hydroxylation sites is 1. The van der Waals surface area contributed by atoms with Crippen molar-refractivity contribution in [1.29, 1.82) is 0 Å². The minimum absolute atomic E-state index is 1.06. The maximum atomic E-state index is 2.31. The van der Waals surface area contributed by atoms with E-state index in [0.717, 1.165) is 13.0 Å². The van der Waals surface area contributed by atoms with E-state index in [1.165, 1.54) is 16.5 Å². The molecule has 0 spiro atoms. The molecule has 0 aliphatic heterocycles. The largest absolute Gasteiger partial charge is 0.347 e. The van der Waals surface area contributed by atoms with Crippen molar-refractivity contribution in [1.82, 2.24) is 4.57 Å². The summed E-state index contributed by atoms with van der Waals surface area (Å²) in [5, 5.41) is 1.41. The first-order valence-electron chi connectivity index (χ1n) is 5.93. The fourth-order valence-electron chi connectivity index (χ4n) is 1.87. The molecule has 15 heavy (non-hydrogen) atoms. The van der Waals surface area contributed by atoms with E-state index in [9.17, 15) is 0 Å². The van der Waals surface area contributed by atoms with Gasteiger partial charge in [-0.05, 0) is 25.0 Å². The molecular weight excluding hydrogens is 182 g/mol. The van der Waals surface area contributed by atoms with Gasteiger partial charge in [0.25, 0.3) is 0 Å². The second kappa shape index (κ2) is 5.59. The van der Waals surface area contributed by atoms with Gasteiger partial charge in [-0.1, -0.05) is 39.0 Å². The molecule has 0 radical (unpaired) electrons. The average Bonchev–Trinajstić information content (AvgIpc) is 2.70. The molecule has 1 heterocycles. The maximum absolute atomic E-state index is 2.31.